The predicted molar refractivity (Wildman–Crippen MR) is 72.0 cm³/mol. The van der Waals surface area contributed by atoms with Gasteiger partial charge in [-0.1, -0.05) is 30.9 Å². The standard InChI is InChI=1S/C15H19ClO2/c16-11-4-6-12(7-5-11)18-14-10-13(17)15(14)8-2-1-3-9-15/h4-7,13-14,17H,1-3,8-10H2. The Morgan fingerprint density at radius 3 is 2.39 bits per heavy atom. The molecule has 1 N–H and O–H groups in total. The molecule has 0 heterocycles. The molecule has 2 unspecified atom stereocenters. The van der Waals surface area contributed by atoms with Gasteiger partial charge in [0.1, 0.15) is 11.9 Å². The summed E-state index contributed by atoms with van der Waals surface area (Å²) in [6.45, 7) is 0. The van der Waals surface area contributed by atoms with Gasteiger partial charge in [-0.05, 0) is 37.1 Å². The number of hydrogen-bond acceptors (Lipinski definition) is 2. The molecule has 18 heavy (non-hydrogen) atoms. The molecule has 0 radical (unpaired) electrons. The van der Waals surface area contributed by atoms with Gasteiger partial charge in [0.25, 0.3) is 0 Å². The first kappa shape index (κ1) is 12.3. The van der Waals surface area contributed by atoms with Crippen molar-refractivity contribution in [3.8, 4) is 5.75 Å². The fourth-order valence-corrected chi connectivity index (χ4v) is 3.56. The van der Waals surface area contributed by atoms with Gasteiger partial charge in [0.2, 0.25) is 0 Å². The zero-order valence-corrected chi connectivity index (χ0v) is 11.2. The molecular formula is C15H19ClO2. The van der Waals surface area contributed by atoms with Gasteiger partial charge in [-0.3, -0.25) is 0 Å². The quantitative estimate of drug-likeness (QED) is 0.882. The zero-order valence-electron chi connectivity index (χ0n) is 10.4. The first-order valence-electron chi connectivity index (χ1n) is 6.81. The summed E-state index contributed by atoms with van der Waals surface area (Å²) in [5, 5.41) is 10.8. The SMILES string of the molecule is OC1CC(Oc2ccc(Cl)cc2)C12CCCCC2. The van der Waals surface area contributed by atoms with Gasteiger partial charge in [0.05, 0.1) is 6.10 Å². The Bertz CT molecular complexity index is 409. The van der Waals surface area contributed by atoms with Gasteiger partial charge >= 0.3 is 0 Å². The highest BCUT2D eigenvalue weighted by molar-refractivity contribution is 6.30. The largest absolute Gasteiger partial charge is 0.490 e. The summed E-state index contributed by atoms with van der Waals surface area (Å²) in [6, 6.07) is 7.51. The van der Waals surface area contributed by atoms with Crippen LogP contribution in [0.2, 0.25) is 5.02 Å². The molecule has 3 rings (SSSR count). The number of benzene rings is 1. The minimum atomic E-state index is -0.171. The second kappa shape index (κ2) is 4.75. The third kappa shape index (κ3) is 2.02. The molecule has 2 fully saturated rings. The van der Waals surface area contributed by atoms with E-state index in [1.54, 1.807) is 0 Å². The van der Waals surface area contributed by atoms with E-state index in [0.29, 0.717) is 0 Å². The number of ether oxygens (including phenoxy) is 1. The van der Waals surface area contributed by atoms with E-state index < -0.39 is 0 Å². The molecule has 0 saturated heterocycles. The van der Waals surface area contributed by atoms with E-state index in [-0.39, 0.29) is 17.6 Å². The highest BCUT2D eigenvalue weighted by Gasteiger charge is 2.56. The number of aliphatic hydroxyl groups excluding tert-OH is 1. The lowest BCUT2D eigenvalue weighted by atomic mass is 9.56. The molecule has 1 aromatic rings. The Labute approximate surface area is 113 Å². The van der Waals surface area contributed by atoms with Crippen LogP contribution >= 0.6 is 11.6 Å². The normalized spacial score (nSPS) is 29.9. The summed E-state index contributed by atoms with van der Waals surface area (Å²) in [5.74, 6) is 0.862. The van der Waals surface area contributed by atoms with Crippen LogP contribution in [0.15, 0.2) is 24.3 Å². The van der Waals surface area contributed by atoms with Crippen LogP contribution in [0.25, 0.3) is 0 Å². The van der Waals surface area contributed by atoms with Crippen molar-refractivity contribution < 1.29 is 9.84 Å². The Morgan fingerprint density at radius 1 is 1.11 bits per heavy atom. The molecular weight excluding hydrogens is 248 g/mol. The van der Waals surface area contributed by atoms with Gasteiger partial charge in [0, 0.05) is 16.9 Å². The molecule has 2 aliphatic carbocycles. The minimum absolute atomic E-state index is 0.0257. The number of aliphatic hydroxyl groups is 1. The Morgan fingerprint density at radius 2 is 1.78 bits per heavy atom. The summed E-state index contributed by atoms with van der Waals surface area (Å²) < 4.78 is 6.05. The van der Waals surface area contributed by atoms with Crippen LogP contribution < -0.4 is 4.74 Å². The van der Waals surface area contributed by atoms with E-state index in [9.17, 15) is 5.11 Å². The molecule has 0 bridgehead atoms. The van der Waals surface area contributed by atoms with Crippen molar-refractivity contribution in [2.45, 2.75) is 50.7 Å². The molecule has 0 aromatic heterocycles. The average molecular weight is 267 g/mol. The molecule has 1 spiro atoms. The predicted octanol–water partition coefficient (Wildman–Crippen LogP) is 3.80. The molecule has 3 heteroatoms. The fraction of sp³-hybridized carbons (Fsp3) is 0.600. The third-order valence-corrected chi connectivity index (χ3v) is 4.87. The lowest BCUT2D eigenvalue weighted by Crippen LogP contribution is -2.60. The maximum absolute atomic E-state index is 10.1. The van der Waals surface area contributed by atoms with Crippen molar-refractivity contribution >= 4 is 11.6 Å². The second-order valence-corrected chi connectivity index (χ2v) is 6.04. The molecule has 1 aromatic carbocycles. The van der Waals surface area contributed by atoms with Crippen molar-refractivity contribution in [3.63, 3.8) is 0 Å². The topological polar surface area (TPSA) is 29.5 Å². The summed E-state index contributed by atoms with van der Waals surface area (Å²) in [4.78, 5) is 0. The maximum Gasteiger partial charge on any atom is 0.119 e. The van der Waals surface area contributed by atoms with E-state index in [0.717, 1.165) is 30.0 Å². The van der Waals surface area contributed by atoms with Crippen molar-refractivity contribution in [1.29, 1.82) is 0 Å². The van der Waals surface area contributed by atoms with Crippen molar-refractivity contribution in [3.05, 3.63) is 29.3 Å². The van der Waals surface area contributed by atoms with Crippen LogP contribution in [0.5, 0.6) is 5.75 Å². The smallest absolute Gasteiger partial charge is 0.119 e. The molecule has 2 saturated carbocycles. The molecule has 2 atom stereocenters. The van der Waals surface area contributed by atoms with Crippen LogP contribution in [0.4, 0.5) is 0 Å². The third-order valence-electron chi connectivity index (χ3n) is 4.62. The van der Waals surface area contributed by atoms with E-state index in [4.69, 9.17) is 16.3 Å². The monoisotopic (exact) mass is 266 g/mol. The number of hydrogen-bond donors (Lipinski definition) is 1. The number of rotatable bonds is 2. The van der Waals surface area contributed by atoms with E-state index in [1.807, 2.05) is 24.3 Å². The molecule has 0 amide bonds. The minimum Gasteiger partial charge on any atom is -0.490 e. The van der Waals surface area contributed by atoms with Crippen LogP contribution in [0.3, 0.4) is 0 Å². The molecule has 98 valence electrons. The second-order valence-electron chi connectivity index (χ2n) is 5.61. The maximum atomic E-state index is 10.1. The highest BCUT2D eigenvalue weighted by Crippen LogP contribution is 2.53. The van der Waals surface area contributed by atoms with E-state index >= 15 is 0 Å². The first-order valence-corrected chi connectivity index (χ1v) is 7.19. The van der Waals surface area contributed by atoms with Crippen molar-refractivity contribution in [2.75, 3.05) is 0 Å². The Balaban J connectivity index is 1.71. The lowest BCUT2D eigenvalue weighted by Gasteiger charge is -2.55. The number of halogens is 1. The van der Waals surface area contributed by atoms with Crippen molar-refractivity contribution in [2.24, 2.45) is 5.41 Å². The van der Waals surface area contributed by atoms with E-state index in [1.165, 1.54) is 19.3 Å². The van der Waals surface area contributed by atoms with Crippen molar-refractivity contribution in [1.82, 2.24) is 0 Å². The van der Waals surface area contributed by atoms with Gasteiger partial charge in [-0.2, -0.15) is 0 Å². The van der Waals surface area contributed by atoms with E-state index in [2.05, 4.69) is 0 Å². The zero-order chi connectivity index (χ0) is 12.6. The molecule has 2 aliphatic rings. The van der Waals surface area contributed by atoms with Crippen LogP contribution in [-0.2, 0) is 0 Å². The van der Waals surface area contributed by atoms with Crippen LogP contribution in [-0.4, -0.2) is 17.3 Å². The van der Waals surface area contributed by atoms with Gasteiger partial charge in [-0.15, -0.1) is 0 Å². The Hall–Kier alpha value is -0.730. The molecule has 2 nitrogen and oxygen atoms in total. The van der Waals surface area contributed by atoms with Crippen LogP contribution in [0.1, 0.15) is 38.5 Å². The fourth-order valence-electron chi connectivity index (χ4n) is 3.43. The lowest BCUT2D eigenvalue weighted by molar-refractivity contribution is -0.172. The summed E-state index contributed by atoms with van der Waals surface area (Å²) in [6.07, 6.45) is 6.71. The summed E-state index contributed by atoms with van der Waals surface area (Å²) >= 11 is 5.87. The van der Waals surface area contributed by atoms with Gasteiger partial charge < -0.3 is 9.84 Å². The summed E-state index contributed by atoms with van der Waals surface area (Å²) in [5.41, 5.74) is 0.0257. The Kier molecular flexibility index (Phi) is 3.25. The highest BCUT2D eigenvalue weighted by atomic mass is 35.5. The average Bonchev–Trinajstić information content (AvgIpc) is 2.42. The summed E-state index contributed by atoms with van der Waals surface area (Å²) in [7, 11) is 0. The van der Waals surface area contributed by atoms with Gasteiger partial charge in [-0.25, -0.2) is 0 Å². The first-order chi connectivity index (χ1) is 8.71. The van der Waals surface area contributed by atoms with Gasteiger partial charge in [0.15, 0.2) is 0 Å². The van der Waals surface area contributed by atoms with Crippen LogP contribution in [0, 0.1) is 5.41 Å². The molecule has 0 aliphatic heterocycles.